The van der Waals surface area contributed by atoms with Gasteiger partial charge in [-0.25, -0.2) is 4.39 Å². The molecule has 0 aliphatic rings. The van der Waals surface area contributed by atoms with E-state index in [-0.39, 0.29) is 11.4 Å². The van der Waals surface area contributed by atoms with E-state index in [1.165, 1.54) is 12.1 Å². The third-order valence-corrected chi connectivity index (χ3v) is 2.63. The van der Waals surface area contributed by atoms with Gasteiger partial charge in [-0.1, -0.05) is 12.1 Å². The molecule has 20 heavy (non-hydrogen) atoms. The van der Waals surface area contributed by atoms with Crippen molar-refractivity contribution in [2.45, 2.75) is 6.92 Å². The summed E-state index contributed by atoms with van der Waals surface area (Å²) in [6.45, 7) is 2.24. The average Bonchev–Trinajstić information content (AvgIpc) is 2.43. The first-order valence-electron chi connectivity index (χ1n) is 6.13. The summed E-state index contributed by atoms with van der Waals surface area (Å²) in [4.78, 5) is 12.1. The molecule has 1 amide bonds. The van der Waals surface area contributed by atoms with Gasteiger partial charge in [-0.15, -0.1) is 0 Å². The fraction of sp³-hybridized carbons (Fsp3) is 0.133. The predicted molar refractivity (Wildman–Crippen MR) is 73.6 cm³/mol. The van der Waals surface area contributed by atoms with Gasteiger partial charge in [0.2, 0.25) is 0 Å². The first-order valence-corrected chi connectivity index (χ1v) is 6.13. The van der Waals surface area contributed by atoms with Crippen LogP contribution in [0.25, 0.3) is 0 Å². The van der Waals surface area contributed by atoms with E-state index in [2.05, 4.69) is 5.32 Å². The molecule has 4 nitrogen and oxygen atoms in total. The van der Waals surface area contributed by atoms with Crippen molar-refractivity contribution in [2.24, 2.45) is 0 Å². The Labute approximate surface area is 115 Å². The Bertz CT molecular complexity index is 628. The van der Waals surface area contributed by atoms with Crippen LogP contribution in [0.5, 0.6) is 11.5 Å². The van der Waals surface area contributed by atoms with Gasteiger partial charge in [0.15, 0.2) is 0 Å². The molecule has 104 valence electrons. The minimum Gasteiger partial charge on any atom is -0.508 e. The van der Waals surface area contributed by atoms with Crippen LogP contribution in [0.4, 0.5) is 10.1 Å². The first kappa shape index (κ1) is 13.9. The number of hydrogen-bond donors (Lipinski definition) is 2. The summed E-state index contributed by atoms with van der Waals surface area (Å²) >= 11 is 0. The molecule has 2 aromatic carbocycles. The fourth-order valence-electron chi connectivity index (χ4n) is 1.73. The van der Waals surface area contributed by atoms with Crippen LogP contribution < -0.4 is 10.1 Å². The van der Waals surface area contributed by atoms with Crippen molar-refractivity contribution in [3.63, 3.8) is 0 Å². The quantitative estimate of drug-likeness (QED) is 0.842. The summed E-state index contributed by atoms with van der Waals surface area (Å²) in [5.74, 6) is -0.937. The molecule has 2 N–H and O–H groups in total. The molecular formula is C15H14FNO3. The fourth-order valence-corrected chi connectivity index (χ4v) is 1.73. The van der Waals surface area contributed by atoms with Crippen molar-refractivity contribution < 1.29 is 19.0 Å². The highest BCUT2D eigenvalue weighted by Crippen LogP contribution is 2.23. The number of para-hydroxylation sites is 1. The average molecular weight is 275 g/mol. The van der Waals surface area contributed by atoms with Crippen LogP contribution in [0.15, 0.2) is 42.5 Å². The summed E-state index contributed by atoms with van der Waals surface area (Å²) in [6.07, 6.45) is 0. The topological polar surface area (TPSA) is 58.6 Å². The number of benzene rings is 2. The number of carbonyl (C=O) groups is 1. The van der Waals surface area contributed by atoms with Crippen LogP contribution in [0.2, 0.25) is 0 Å². The number of carbonyl (C=O) groups excluding carboxylic acids is 1. The Morgan fingerprint density at radius 2 is 2.05 bits per heavy atom. The van der Waals surface area contributed by atoms with Gasteiger partial charge in [0.25, 0.3) is 5.91 Å². The summed E-state index contributed by atoms with van der Waals surface area (Å²) in [5, 5.41) is 11.6. The number of rotatable bonds is 4. The summed E-state index contributed by atoms with van der Waals surface area (Å²) in [6, 6.07) is 10.3. The number of nitrogens with one attached hydrogen (secondary N) is 1. The van der Waals surface area contributed by atoms with E-state index in [1.807, 2.05) is 6.92 Å². The van der Waals surface area contributed by atoms with Gasteiger partial charge in [-0.3, -0.25) is 4.79 Å². The molecule has 0 aromatic heterocycles. The Kier molecular flexibility index (Phi) is 4.20. The Morgan fingerprint density at radius 3 is 2.75 bits per heavy atom. The van der Waals surface area contributed by atoms with Crippen LogP contribution in [-0.2, 0) is 0 Å². The van der Waals surface area contributed by atoms with Gasteiger partial charge in [0.05, 0.1) is 17.9 Å². The predicted octanol–water partition coefficient (Wildman–Crippen LogP) is 3.18. The third kappa shape index (κ3) is 3.06. The molecule has 0 atom stereocenters. The molecule has 2 aromatic rings. The maximum Gasteiger partial charge on any atom is 0.259 e. The second-order valence-corrected chi connectivity index (χ2v) is 4.05. The molecular weight excluding hydrogens is 261 g/mol. The van der Waals surface area contributed by atoms with Crippen LogP contribution in [0.3, 0.4) is 0 Å². The first-order chi connectivity index (χ1) is 9.61. The molecule has 0 bridgehead atoms. The molecule has 0 radical (unpaired) electrons. The minimum absolute atomic E-state index is 0.000832. The lowest BCUT2D eigenvalue weighted by atomic mass is 10.2. The molecule has 0 fully saturated rings. The molecule has 0 aliphatic heterocycles. The smallest absolute Gasteiger partial charge is 0.259 e. The molecule has 0 saturated heterocycles. The highest BCUT2D eigenvalue weighted by molar-refractivity contribution is 6.06. The summed E-state index contributed by atoms with van der Waals surface area (Å²) in [5.41, 5.74) is 0.320. The van der Waals surface area contributed by atoms with Crippen molar-refractivity contribution in [1.29, 1.82) is 0 Å². The van der Waals surface area contributed by atoms with Crippen LogP contribution in [0.1, 0.15) is 17.3 Å². The SMILES string of the molecule is CCOc1ccccc1C(=O)Nc1ccc(O)cc1F. The number of anilines is 1. The molecule has 0 aliphatic carbocycles. The van der Waals surface area contributed by atoms with E-state index < -0.39 is 11.7 Å². The van der Waals surface area contributed by atoms with E-state index >= 15 is 0 Å². The van der Waals surface area contributed by atoms with E-state index in [0.29, 0.717) is 17.9 Å². The Hall–Kier alpha value is -2.56. The standard InChI is InChI=1S/C15H14FNO3/c1-2-20-14-6-4-3-5-11(14)15(19)17-13-8-7-10(18)9-12(13)16/h3-9,18H,2H2,1H3,(H,17,19). The number of phenolic OH excluding ortho intramolecular Hbond substituents is 1. The minimum atomic E-state index is -0.702. The van der Waals surface area contributed by atoms with Crippen LogP contribution in [-0.4, -0.2) is 17.6 Å². The number of phenols is 1. The van der Waals surface area contributed by atoms with Crippen molar-refractivity contribution in [2.75, 3.05) is 11.9 Å². The van der Waals surface area contributed by atoms with Crippen LogP contribution >= 0.6 is 0 Å². The van der Waals surface area contributed by atoms with Crippen molar-refractivity contribution in [3.05, 3.63) is 53.8 Å². The maximum absolute atomic E-state index is 13.6. The molecule has 0 saturated carbocycles. The lowest BCUT2D eigenvalue weighted by molar-refractivity contribution is 0.102. The summed E-state index contributed by atoms with van der Waals surface area (Å²) in [7, 11) is 0. The number of amides is 1. The molecule has 5 heteroatoms. The van der Waals surface area contributed by atoms with E-state index in [9.17, 15) is 9.18 Å². The van der Waals surface area contributed by atoms with Gasteiger partial charge in [-0.05, 0) is 31.2 Å². The van der Waals surface area contributed by atoms with Crippen molar-refractivity contribution in [3.8, 4) is 11.5 Å². The zero-order valence-electron chi connectivity index (χ0n) is 10.9. The lowest BCUT2D eigenvalue weighted by Crippen LogP contribution is -2.14. The Balaban J connectivity index is 2.24. The lowest BCUT2D eigenvalue weighted by Gasteiger charge is -2.11. The van der Waals surface area contributed by atoms with Crippen molar-refractivity contribution in [1.82, 2.24) is 0 Å². The number of ether oxygens (including phenoxy) is 1. The van der Waals surface area contributed by atoms with Gasteiger partial charge in [-0.2, -0.15) is 0 Å². The normalized spacial score (nSPS) is 10.1. The number of halogens is 1. The zero-order valence-corrected chi connectivity index (χ0v) is 10.9. The van der Waals surface area contributed by atoms with E-state index in [1.54, 1.807) is 24.3 Å². The number of aromatic hydroxyl groups is 1. The van der Waals surface area contributed by atoms with Gasteiger partial charge in [0, 0.05) is 6.07 Å². The second-order valence-electron chi connectivity index (χ2n) is 4.05. The van der Waals surface area contributed by atoms with Gasteiger partial charge in [0.1, 0.15) is 17.3 Å². The van der Waals surface area contributed by atoms with Gasteiger partial charge < -0.3 is 15.2 Å². The molecule has 2 rings (SSSR count). The largest absolute Gasteiger partial charge is 0.508 e. The maximum atomic E-state index is 13.6. The molecule has 0 heterocycles. The third-order valence-electron chi connectivity index (χ3n) is 2.63. The highest BCUT2D eigenvalue weighted by atomic mass is 19.1. The highest BCUT2D eigenvalue weighted by Gasteiger charge is 2.14. The monoisotopic (exact) mass is 275 g/mol. The Morgan fingerprint density at radius 1 is 1.30 bits per heavy atom. The van der Waals surface area contributed by atoms with E-state index in [4.69, 9.17) is 9.84 Å². The summed E-state index contributed by atoms with van der Waals surface area (Å²) < 4.78 is 18.9. The van der Waals surface area contributed by atoms with Crippen molar-refractivity contribution >= 4 is 11.6 Å². The molecule has 0 spiro atoms. The second kappa shape index (κ2) is 6.06. The van der Waals surface area contributed by atoms with E-state index in [0.717, 1.165) is 6.07 Å². The van der Waals surface area contributed by atoms with Gasteiger partial charge >= 0.3 is 0 Å². The zero-order chi connectivity index (χ0) is 14.5. The number of hydrogen-bond acceptors (Lipinski definition) is 3. The van der Waals surface area contributed by atoms with Crippen LogP contribution in [0, 0.1) is 5.82 Å². The molecule has 0 unspecified atom stereocenters.